The van der Waals surface area contributed by atoms with E-state index < -0.39 is 11.6 Å². The van der Waals surface area contributed by atoms with Gasteiger partial charge < -0.3 is 20.9 Å². The van der Waals surface area contributed by atoms with Crippen LogP contribution in [0.25, 0.3) is 0 Å². The van der Waals surface area contributed by atoms with Crippen molar-refractivity contribution in [1.82, 2.24) is 20.4 Å². The number of halogens is 4. The number of anilines is 1. The first kappa shape index (κ1) is 40.2. The van der Waals surface area contributed by atoms with E-state index in [2.05, 4.69) is 55.1 Å². The molecule has 1 aromatic carbocycles. The monoisotopic (exact) mass is 671 g/mol. The molecule has 2 atom stereocenters. The highest BCUT2D eigenvalue weighted by Gasteiger charge is 2.30. The van der Waals surface area contributed by atoms with E-state index in [0.29, 0.717) is 36.0 Å². The lowest BCUT2D eigenvalue weighted by molar-refractivity contribution is -0.130. The van der Waals surface area contributed by atoms with Gasteiger partial charge in [0, 0.05) is 57.8 Å². The van der Waals surface area contributed by atoms with Crippen LogP contribution in [0, 0.1) is 17.2 Å². The number of nitrogens with zero attached hydrogens (tertiary/aromatic N) is 2. The lowest BCUT2D eigenvalue weighted by Crippen LogP contribution is -2.48. The van der Waals surface area contributed by atoms with E-state index in [4.69, 9.17) is 23.2 Å². The molecule has 0 bridgehead atoms. The fraction of sp³-hybridized carbons (Fsp3) is 0.545. The molecule has 12 heteroatoms. The second-order valence-corrected chi connectivity index (χ2v) is 13.3. The third-order valence-electron chi connectivity index (χ3n) is 6.82. The van der Waals surface area contributed by atoms with Crippen LogP contribution in [0.5, 0.6) is 0 Å². The molecule has 45 heavy (non-hydrogen) atoms. The third-order valence-corrected chi connectivity index (χ3v) is 7.44. The highest BCUT2D eigenvalue weighted by molar-refractivity contribution is 6.31. The molecule has 2 saturated heterocycles. The Morgan fingerprint density at radius 3 is 2.33 bits per heavy atom. The van der Waals surface area contributed by atoms with Gasteiger partial charge in [0.15, 0.2) is 0 Å². The minimum absolute atomic E-state index is 0.00876. The first-order chi connectivity index (χ1) is 21.2. The van der Waals surface area contributed by atoms with Crippen molar-refractivity contribution >= 4 is 47.6 Å². The van der Waals surface area contributed by atoms with E-state index in [-0.39, 0.29) is 27.8 Å². The summed E-state index contributed by atoms with van der Waals surface area (Å²) in [6.07, 6.45) is 7.89. The quantitative estimate of drug-likeness (QED) is 0.139. The van der Waals surface area contributed by atoms with Gasteiger partial charge in [0.05, 0.1) is 10.1 Å². The molecule has 0 aromatic heterocycles. The molecule has 0 radical (unpaired) electrons. The number of hydrogen-bond acceptors (Lipinski definition) is 5. The van der Waals surface area contributed by atoms with Gasteiger partial charge in [0.1, 0.15) is 11.6 Å². The van der Waals surface area contributed by atoms with Crippen molar-refractivity contribution in [2.45, 2.75) is 53.4 Å². The maximum absolute atomic E-state index is 13.9. The van der Waals surface area contributed by atoms with Gasteiger partial charge in [-0.15, -0.1) is 0 Å². The molecule has 2 aliphatic rings. The molecule has 2 fully saturated rings. The fourth-order valence-corrected chi connectivity index (χ4v) is 4.88. The van der Waals surface area contributed by atoms with Gasteiger partial charge >= 0.3 is 0 Å². The van der Waals surface area contributed by atoms with Crippen molar-refractivity contribution < 1.29 is 23.2 Å². The number of benzene rings is 1. The molecule has 3 amide bonds. The van der Waals surface area contributed by atoms with Gasteiger partial charge in [-0.2, -0.15) is 0 Å². The molecule has 8 nitrogen and oxygen atoms in total. The molecule has 3 rings (SSSR count). The van der Waals surface area contributed by atoms with Crippen LogP contribution >= 0.6 is 23.2 Å². The lowest BCUT2D eigenvalue weighted by Gasteiger charge is -2.34. The molecule has 3 N–H and O–H groups in total. The van der Waals surface area contributed by atoms with Gasteiger partial charge in [-0.05, 0) is 61.0 Å². The zero-order chi connectivity index (χ0) is 34.0. The number of carbonyl (C=O) groups excluding carboxylic acids is 3. The van der Waals surface area contributed by atoms with Crippen LogP contribution in [0.1, 0.15) is 58.9 Å². The standard InChI is InChI=1S/C18H18Cl2F2N2O.C10H19N3O2.C5H12/c1-11(21)15(19)5-3-2-4-12-8-23-9-14(12)13-6-17(22)16(20)7-18(13)24-10-25;1-10(15)13-7-5-12(6-8-13)4-2-3-11-9-14;1-5(2,3)4/h2-3,5-7,10,12,14,23H,1,4,8-9H2,(H,24,25);9H,2-8H2,1H3,(H,11,14);1-4H3/b3-2-,15-5+;;/t12-,14?;;/m0../s1. The van der Waals surface area contributed by atoms with Gasteiger partial charge in [-0.3, -0.25) is 19.3 Å². The van der Waals surface area contributed by atoms with Crippen LogP contribution in [-0.4, -0.2) is 80.9 Å². The Bertz CT molecular complexity index is 1160. The largest absolute Gasteiger partial charge is 0.359 e. The van der Waals surface area contributed by atoms with Crippen LogP contribution in [-0.2, 0) is 14.4 Å². The summed E-state index contributed by atoms with van der Waals surface area (Å²) in [6, 6.07) is 2.79. The third kappa shape index (κ3) is 16.9. The molecular weight excluding hydrogens is 623 g/mol. The summed E-state index contributed by atoms with van der Waals surface area (Å²) in [6.45, 7) is 20.2. The Labute approximate surface area is 277 Å². The first-order valence-electron chi connectivity index (χ1n) is 15.1. The van der Waals surface area contributed by atoms with E-state index in [9.17, 15) is 23.2 Å². The minimum atomic E-state index is -0.687. The number of rotatable bonds is 12. The normalized spacial score (nSPS) is 18.8. The molecule has 252 valence electrons. The predicted molar refractivity (Wildman–Crippen MR) is 181 cm³/mol. The molecular formula is C33H49Cl2F2N5O3. The summed E-state index contributed by atoms with van der Waals surface area (Å²) in [7, 11) is 0. The Morgan fingerprint density at radius 2 is 1.78 bits per heavy atom. The van der Waals surface area contributed by atoms with Crippen LogP contribution in [0.15, 0.2) is 47.8 Å². The Balaban J connectivity index is 0.000000427. The molecule has 0 aliphatic carbocycles. The summed E-state index contributed by atoms with van der Waals surface area (Å²) in [5.74, 6) is -0.852. The van der Waals surface area contributed by atoms with Gasteiger partial charge in [-0.1, -0.05) is 69.6 Å². The highest BCUT2D eigenvalue weighted by Crippen LogP contribution is 2.37. The zero-order valence-electron chi connectivity index (χ0n) is 27.1. The summed E-state index contributed by atoms with van der Waals surface area (Å²) in [5, 5.41) is 8.41. The average molecular weight is 673 g/mol. The predicted octanol–water partition coefficient (Wildman–Crippen LogP) is 6.24. The number of allylic oxidation sites excluding steroid dienone is 5. The van der Waals surface area contributed by atoms with E-state index in [1.807, 2.05) is 11.0 Å². The van der Waals surface area contributed by atoms with Crippen molar-refractivity contribution in [1.29, 1.82) is 0 Å². The number of nitrogens with one attached hydrogen (secondary N) is 3. The summed E-state index contributed by atoms with van der Waals surface area (Å²) < 4.78 is 26.7. The second-order valence-electron chi connectivity index (χ2n) is 12.5. The Kier molecular flexibility index (Phi) is 18.9. The van der Waals surface area contributed by atoms with Crippen molar-refractivity contribution in [3.63, 3.8) is 0 Å². The van der Waals surface area contributed by atoms with Crippen LogP contribution in [0.4, 0.5) is 14.5 Å². The lowest BCUT2D eigenvalue weighted by atomic mass is 9.85. The summed E-state index contributed by atoms with van der Waals surface area (Å²) >= 11 is 11.5. The minimum Gasteiger partial charge on any atom is -0.359 e. The van der Waals surface area contributed by atoms with E-state index in [1.165, 1.54) is 18.2 Å². The highest BCUT2D eigenvalue weighted by atomic mass is 35.5. The average Bonchev–Trinajstić information content (AvgIpc) is 3.43. The van der Waals surface area contributed by atoms with Crippen LogP contribution in [0.3, 0.4) is 0 Å². The molecule has 0 saturated carbocycles. The van der Waals surface area contributed by atoms with Gasteiger partial charge in [-0.25, -0.2) is 8.78 Å². The smallest absolute Gasteiger partial charge is 0.219 e. The molecule has 0 spiro atoms. The second kappa shape index (κ2) is 21.1. The first-order valence-corrected chi connectivity index (χ1v) is 15.8. The van der Waals surface area contributed by atoms with Gasteiger partial charge in [0.25, 0.3) is 0 Å². The van der Waals surface area contributed by atoms with Gasteiger partial charge in [0.2, 0.25) is 18.7 Å². The van der Waals surface area contributed by atoms with Crippen LogP contribution < -0.4 is 16.0 Å². The van der Waals surface area contributed by atoms with Crippen molar-refractivity contribution in [3.05, 3.63) is 64.2 Å². The molecule has 2 aliphatic heterocycles. The number of piperazine rings is 1. The van der Waals surface area contributed by atoms with E-state index in [1.54, 1.807) is 13.0 Å². The van der Waals surface area contributed by atoms with Crippen molar-refractivity contribution in [3.8, 4) is 0 Å². The maximum atomic E-state index is 13.9. The maximum Gasteiger partial charge on any atom is 0.219 e. The molecule has 2 heterocycles. The number of carbonyl (C=O) groups is 3. The topological polar surface area (TPSA) is 93.8 Å². The Hall–Kier alpha value is -2.79. The SMILES string of the molecule is C=C(F)/C(Cl)=C\C=C/C[C@H]1CNCC1c1cc(F)c(Cl)cc1NC=O.CC(=O)N1CCN(CCCNC=O)CC1.CC(C)(C)C. The zero-order valence-corrected chi connectivity index (χ0v) is 28.6. The number of hydrogen-bond donors (Lipinski definition) is 3. The van der Waals surface area contributed by atoms with Crippen molar-refractivity contribution in [2.75, 3.05) is 57.7 Å². The fourth-order valence-electron chi connectivity index (χ4n) is 4.65. The Morgan fingerprint density at radius 1 is 1.13 bits per heavy atom. The molecule has 1 aromatic rings. The van der Waals surface area contributed by atoms with E-state index in [0.717, 1.165) is 58.6 Å². The number of amides is 3. The van der Waals surface area contributed by atoms with Crippen LogP contribution in [0.2, 0.25) is 5.02 Å². The molecule has 1 unspecified atom stereocenters. The summed E-state index contributed by atoms with van der Waals surface area (Å²) in [4.78, 5) is 36.1. The summed E-state index contributed by atoms with van der Waals surface area (Å²) in [5.41, 5.74) is 1.70. The van der Waals surface area contributed by atoms with E-state index >= 15 is 0 Å². The van der Waals surface area contributed by atoms with Crippen molar-refractivity contribution in [2.24, 2.45) is 11.3 Å².